The molecule has 33 heavy (non-hydrogen) atoms. The lowest BCUT2D eigenvalue weighted by molar-refractivity contribution is 0.0933. The van der Waals surface area contributed by atoms with Crippen molar-refractivity contribution in [2.24, 2.45) is 0 Å². The second-order valence-corrected chi connectivity index (χ2v) is 8.04. The monoisotopic (exact) mass is 437 g/mol. The van der Waals surface area contributed by atoms with E-state index in [1.54, 1.807) is 12.1 Å². The molecule has 2 aliphatic rings. The number of carbonyl (C=O) groups is 2. The molecule has 0 unspecified atom stereocenters. The molecule has 164 valence electrons. The van der Waals surface area contributed by atoms with E-state index in [1.165, 1.54) is 22.3 Å². The third kappa shape index (κ3) is 4.33. The zero-order valence-corrected chi connectivity index (χ0v) is 18.1. The van der Waals surface area contributed by atoms with Gasteiger partial charge in [0.05, 0.1) is 12.2 Å². The van der Waals surface area contributed by atoms with Crippen molar-refractivity contribution in [1.29, 1.82) is 0 Å². The topological polar surface area (TPSA) is 64.6 Å². The Bertz CT molecular complexity index is 1240. The lowest BCUT2D eigenvalue weighted by atomic mass is 9.98. The number of nitrogens with one attached hydrogen (secondary N) is 1. The Morgan fingerprint density at radius 1 is 1.00 bits per heavy atom. The summed E-state index contributed by atoms with van der Waals surface area (Å²) in [4.78, 5) is 24.1. The molecule has 0 saturated carbocycles. The molecule has 0 fully saturated rings. The van der Waals surface area contributed by atoms with Crippen LogP contribution in [0, 0.1) is 11.8 Å². The van der Waals surface area contributed by atoms with Crippen LogP contribution >= 0.6 is 0 Å². The van der Waals surface area contributed by atoms with Crippen LogP contribution in [0.1, 0.15) is 45.8 Å². The van der Waals surface area contributed by atoms with Gasteiger partial charge in [-0.2, -0.15) is 0 Å². The van der Waals surface area contributed by atoms with E-state index < -0.39 is 6.09 Å². The van der Waals surface area contributed by atoms with Gasteiger partial charge in [-0.15, -0.1) is 0 Å². The molecule has 0 atom stereocenters. The van der Waals surface area contributed by atoms with E-state index in [9.17, 15) is 9.59 Å². The van der Waals surface area contributed by atoms with E-state index >= 15 is 0 Å². The molecule has 1 heterocycles. The van der Waals surface area contributed by atoms with Crippen molar-refractivity contribution in [2.75, 3.05) is 19.8 Å². The van der Waals surface area contributed by atoms with Gasteiger partial charge in [0.1, 0.15) is 12.4 Å². The number of Topliss-reactive ketones (excluding diaryl/α,β-unsaturated/α-hetero) is 1. The molecule has 0 bridgehead atoms. The number of amides is 1. The molecule has 5 nitrogen and oxygen atoms in total. The van der Waals surface area contributed by atoms with E-state index in [0.717, 1.165) is 5.56 Å². The van der Waals surface area contributed by atoms with Crippen molar-refractivity contribution in [1.82, 2.24) is 5.32 Å². The predicted octanol–water partition coefficient (Wildman–Crippen LogP) is 4.93. The molecule has 0 spiro atoms. The van der Waals surface area contributed by atoms with E-state index in [-0.39, 0.29) is 11.7 Å². The molecule has 1 amide bonds. The molecule has 1 aliphatic heterocycles. The maximum absolute atomic E-state index is 12.2. The Labute approximate surface area is 192 Å². The first kappa shape index (κ1) is 20.8. The summed E-state index contributed by atoms with van der Waals surface area (Å²) < 4.78 is 11.1. The van der Waals surface area contributed by atoms with Gasteiger partial charge in [0, 0.05) is 30.9 Å². The summed E-state index contributed by atoms with van der Waals surface area (Å²) in [6, 6.07) is 21.9. The molecule has 3 aromatic rings. The Hall–Kier alpha value is -4.04. The first-order valence-corrected chi connectivity index (χ1v) is 11.1. The second-order valence-electron chi connectivity index (χ2n) is 8.04. The van der Waals surface area contributed by atoms with Crippen LogP contribution in [0.3, 0.4) is 0 Å². The highest BCUT2D eigenvalue weighted by Crippen LogP contribution is 2.44. The third-order valence-electron chi connectivity index (χ3n) is 5.96. The van der Waals surface area contributed by atoms with Crippen molar-refractivity contribution in [3.8, 4) is 28.7 Å². The number of ketones is 1. The average molecular weight is 437 g/mol. The SMILES string of the molecule is O=C(NCCC#Cc1ccc2c(c1)OCCC2=O)OCC1c2ccccc2-c2ccccc21. The number of alkyl carbamates (subject to hydrolysis) is 1. The Morgan fingerprint density at radius 2 is 1.73 bits per heavy atom. The highest BCUT2D eigenvalue weighted by molar-refractivity contribution is 5.99. The number of ether oxygens (including phenoxy) is 2. The molecule has 5 rings (SSSR count). The molecular weight excluding hydrogens is 414 g/mol. The molecule has 0 radical (unpaired) electrons. The minimum Gasteiger partial charge on any atom is -0.492 e. The van der Waals surface area contributed by atoms with Crippen LogP contribution in [0.15, 0.2) is 66.7 Å². The molecular formula is C28H23NO4. The van der Waals surface area contributed by atoms with Crippen molar-refractivity contribution < 1.29 is 19.1 Å². The molecule has 3 aromatic carbocycles. The van der Waals surface area contributed by atoms with E-state index in [0.29, 0.717) is 43.9 Å². The third-order valence-corrected chi connectivity index (χ3v) is 5.96. The summed E-state index contributed by atoms with van der Waals surface area (Å²) in [5, 5.41) is 2.76. The zero-order valence-electron chi connectivity index (χ0n) is 18.1. The number of hydrogen-bond acceptors (Lipinski definition) is 4. The van der Waals surface area contributed by atoms with Crippen LogP contribution in [0.4, 0.5) is 4.79 Å². The molecule has 0 aromatic heterocycles. The summed E-state index contributed by atoms with van der Waals surface area (Å²) in [6.07, 6.45) is 0.458. The number of carbonyl (C=O) groups excluding carboxylic acids is 2. The summed E-state index contributed by atoms with van der Waals surface area (Å²) >= 11 is 0. The van der Waals surface area contributed by atoms with Gasteiger partial charge in [0.2, 0.25) is 0 Å². The quantitative estimate of drug-likeness (QED) is 0.464. The first-order valence-electron chi connectivity index (χ1n) is 11.1. The van der Waals surface area contributed by atoms with E-state index in [1.807, 2.05) is 30.3 Å². The van der Waals surface area contributed by atoms with Gasteiger partial charge < -0.3 is 14.8 Å². The number of benzene rings is 3. The van der Waals surface area contributed by atoms with Gasteiger partial charge in [0.15, 0.2) is 5.78 Å². The minimum absolute atomic E-state index is 0.0426. The van der Waals surface area contributed by atoms with E-state index in [4.69, 9.17) is 9.47 Å². The zero-order chi connectivity index (χ0) is 22.6. The van der Waals surface area contributed by atoms with Crippen molar-refractivity contribution in [2.45, 2.75) is 18.8 Å². The van der Waals surface area contributed by atoms with Crippen molar-refractivity contribution in [3.05, 3.63) is 89.0 Å². The van der Waals surface area contributed by atoms with Crippen molar-refractivity contribution in [3.63, 3.8) is 0 Å². The summed E-state index contributed by atoms with van der Waals surface area (Å²) in [5.74, 6) is 6.82. The van der Waals surface area contributed by atoms with Gasteiger partial charge in [0.25, 0.3) is 0 Å². The Kier molecular flexibility index (Phi) is 5.82. The second kappa shape index (κ2) is 9.22. The number of rotatable bonds is 4. The minimum atomic E-state index is -0.445. The summed E-state index contributed by atoms with van der Waals surface area (Å²) in [6.45, 7) is 1.09. The lowest BCUT2D eigenvalue weighted by Crippen LogP contribution is -2.26. The maximum Gasteiger partial charge on any atom is 0.407 e. The fourth-order valence-corrected chi connectivity index (χ4v) is 4.38. The Morgan fingerprint density at radius 3 is 2.48 bits per heavy atom. The smallest absolute Gasteiger partial charge is 0.407 e. The fourth-order valence-electron chi connectivity index (χ4n) is 4.38. The average Bonchev–Trinajstić information content (AvgIpc) is 3.16. The van der Waals surface area contributed by atoms with Gasteiger partial charge in [-0.1, -0.05) is 60.4 Å². The molecule has 1 aliphatic carbocycles. The molecule has 0 saturated heterocycles. The number of fused-ring (bicyclic) bond motifs is 4. The van der Waals surface area contributed by atoms with Gasteiger partial charge in [-0.3, -0.25) is 4.79 Å². The van der Waals surface area contributed by atoms with Crippen LogP contribution in [0.5, 0.6) is 5.75 Å². The van der Waals surface area contributed by atoms with Gasteiger partial charge >= 0.3 is 6.09 Å². The van der Waals surface area contributed by atoms with E-state index in [2.05, 4.69) is 41.4 Å². The normalized spacial score (nSPS) is 13.6. The van der Waals surface area contributed by atoms with Crippen LogP contribution in [0.25, 0.3) is 11.1 Å². The first-order chi connectivity index (χ1) is 16.2. The van der Waals surface area contributed by atoms with Crippen molar-refractivity contribution >= 4 is 11.9 Å². The lowest BCUT2D eigenvalue weighted by Gasteiger charge is -2.15. The summed E-state index contributed by atoms with van der Waals surface area (Å²) in [7, 11) is 0. The van der Waals surface area contributed by atoms with Crippen LogP contribution in [-0.4, -0.2) is 31.6 Å². The number of hydrogen-bond donors (Lipinski definition) is 1. The van der Waals surface area contributed by atoms with Crippen LogP contribution < -0.4 is 10.1 Å². The summed E-state index contributed by atoms with van der Waals surface area (Å²) in [5.41, 5.74) is 6.18. The highest BCUT2D eigenvalue weighted by Gasteiger charge is 2.28. The van der Waals surface area contributed by atoms with Crippen LogP contribution in [-0.2, 0) is 4.74 Å². The predicted molar refractivity (Wildman–Crippen MR) is 125 cm³/mol. The molecule has 5 heteroatoms. The Balaban J connectivity index is 1.12. The fraction of sp³-hybridized carbons (Fsp3) is 0.214. The van der Waals surface area contributed by atoms with Gasteiger partial charge in [-0.05, 0) is 40.5 Å². The van der Waals surface area contributed by atoms with Gasteiger partial charge in [-0.25, -0.2) is 4.79 Å². The standard InChI is InChI=1S/C28H23NO4/c30-26-14-16-32-27-17-19(12-13-24(26)27)7-5-6-15-29-28(31)33-18-25-22-10-3-1-8-20(22)21-9-2-4-11-23(21)25/h1-4,8-13,17,25H,6,14-16,18H2,(H,29,31). The maximum atomic E-state index is 12.2. The van der Waals surface area contributed by atoms with Crippen LogP contribution in [0.2, 0.25) is 0 Å². The molecule has 1 N–H and O–H groups in total. The largest absolute Gasteiger partial charge is 0.492 e. The highest BCUT2D eigenvalue weighted by atomic mass is 16.5.